The van der Waals surface area contributed by atoms with E-state index in [0.717, 1.165) is 25.9 Å². The Morgan fingerprint density at radius 2 is 1.85 bits per heavy atom. The van der Waals surface area contributed by atoms with Gasteiger partial charge in [0.05, 0.1) is 6.42 Å². The Kier molecular flexibility index (Phi) is 2.28. The first-order valence-corrected chi connectivity index (χ1v) is 5.20. The molecule has 0 spiro atoms. The Balaban J connectivity index is 1.93. The molecule has 2 aliphatic rings. The molecule has 2 fully saturated rings. The van der Waals surface area contributed by atoms with Crippen LogP contribution in [0.2, 0.25) is 0 Å². The average Bonchev–Trinajstić information content (AvgIpc) is 2.86. The number of piperidine rings is 1. The van der Waals surface area contributed by atoms with Gasteiger partial charge in [-0.05, 0) is 38.8 Å². The van der Waals surface area contributed by atoms with E-state index >= 15 is 0 Å². The van der Waals surface area contributed by atoms with Crippen molar-refractivity contribution in [3.05, 3.63) is 0 Å². The molecule has 1 aliphatic heterocycles. The lowest BCUT2D eigenvalue weighted by molar-refractivity contribution is -0.139. The Morgan fingerprint density at radius 3 is 2.31 bits per heavy atom. The minimum Gasteiger partial charge on any atom is -0.481 e. The highest BCUT2D eigenvalue weighted by molar-refractivity contribution is 5.69. The van der Waals surface area contributed by atoms with E-state index in [4.69, 9.17) is 5.11 Å². The second-order valence-electron chi connectivity index (χ2n) is 4.34. The van der Waals surface area contributed by atoms with Gasteiger partial charge in [0.1, 0.15) is 0 Å². The SMILES string of the molecule is O=C(O)CC1(N2CCCCC2)CC1. The molecule has 74 valence electrons. The second kappa shape index (κ2) is 3.29. The highest BCUT2D eigenvalue weighted by atomic mass is 16.4. The maximum Gasteiger partial charge on any atom is 0.305 e. The fraction of sp³-hybridized carbons (Fsp3) is 0.900. The number of hydrogen-bond donors (Lipinski definition) is 1. The van der Waals surface area contributed by atoms with Crippen LogP contribution in [0.5, 0.6) is 0 Å². The summed E-state index contributed by atoms with van der Waals surface area (Å²) in [6.07, 6.45) is 6.37. The van der Waals surface area contributed by atoms with Gasteiger partial charge >= 0.3 is 5.97 Å². The molecule has 0 bridgehead atoms. The molecular formula is C10H17NO2. The van der Waals surface area contributed by atoms with Gasteiger partial charge in [-0.1, -0.05) is 6.42 Å². The number of carbonyl (C=O) groups is 1. The van der Waals surface area contributed by atoms with Crippen molar-refractivity contribution in [2.45, 2.75) is 44.1 Å². The van der Waals surface area contributed by atoms with Crippen molar-refractivity contribution in [1.29, 1.82) is 0 Å². The molecule has 0 aromatic carbocycles. The summed E-state index contributed by atoms with van der Waals surface area (Å²) in [6.45, 7) is 2.24. The van der Waals surface area contributed by atoms with E-state index in [2.05, 4.69) is 4.90 Å². The van der Waals surface area contributed by atoms with Gasteiger partial charge < -0.3 is 5.11 Å². The summed E-state index contributed by atoms with van der Waals surface area (Å²) in [7, 11) is 0. The zero-order valence-corrected chi connectivity index (χ0v) is 7.96. The molecule has 0 amide bonds. The third-order valence-electron chi connectivity index (χ3n) is 3.33. The first-order valence-electron chi connectivity index (χ1n) is 5.20. The summed E-state index contributed by atoms with van der Waals surface area (Å²) in [5.74, 6) is -0.636. The van der Waals surface area contributed by atoms with Crippen molar-refractivity contribution in [1.82, 2.24) is 4.90 Å². The van der Waals surface area contributed by atoms with Crippen molar-refractivity contribution >= 4 is 5.97 Å². The van der Waals surface area contributed by atoms with Gasteiger partial charge in [0.15, 0.2) is 0 Å². The molecule has 0 aromatic rings. The summed E-state index contributed by atoms with van der Waals surface area (Å²) in [6, 6.07) is 0. The fourth-order valence-corrected chi connectivity index (χ4v) is 2.40. The third-order valence-corrected chi connectivity index (χ3v) is 3.33. The minimum absolute atomic E-state index is 0.0756. The topological polar surface area (TPSA) is 40.5 Å². The molecule has 1 saturated heterocycles. The fourth-order valence-electron chi connectivity index (χ4n) is 2.40. The quantitative estimate of drug-likeness (QED) is 0.720. The van der Waals surface area contributed by atoms with Crippen LogP contribution in [0.3, 0.4) is 0 Å². The van der Waals surface area contributed by atoms with Crippen molar-refractivity contribution in [2.75, 3.05) is 13.1 Å². The molecule has 1 saturated carbocycles. The summed E-state index contributed by atoms with van der Waals surface area (Å²) in [4.78, 5) is 13.1. The van der Waals surface area contributed by atoms with Crippen LogP contribution in [-0.4, -0.2) is 34.6 Å². The lowest BCUT2D eigenvalue weighted by Gasteiger charge is -2.34. The number of carboxylic acids is 1. The van der Waals surface area contributed by atoms with Crippen LogP contribution in [0.4, 0.5) is 0 Å². The molecule has 0 radical (unpaired) electrons. The van der Waals surface area contributed by atoms with Gasteiger partial charge in [-0.25, -0.2) is 0 Å². The molecular weight excluding hydrogens is 166 g/mol. The minimum atomic E-state index is -0.636. The van der Waals surface area contributed by atoms with Crippen LogP contribution in [0.25, 0.3) is 0 Å². The van der Waals surface area contributed by atoms with Gasteiger partial charge in [-0.3, -0.25) is 9.69 Å². The normalized spacial score (nSPS) is 27.1. The number of nitrogens with zero attached hydrogens (tertiary/aromatic N) is 1. The van der Waals surface area contributed by atoms with E-state index in [1.807, 2.05) is 0 Å². The Bertz CT molecular complexity index is 205. The van der Waals surface area contributed by atoms with Crippen LogP contribution in [-0.2, 0) is 4.79 Å². The predicted octanol–water partition coefficient (Wildman–Crippen LogP) is 1.48. The highest BCUT2D eigenvalue weighted by Gasteiger charge is 2.49. The van der Waals surface area contributed by atoms with Gasteiger partial charge in [-0.2, -0.15) is 0 Å². The smallest absolute Gasteiger partial charge is 0.305 e. The lowest BCUT2D eigenvalue weighted by atomic mass is 10.0. The Morgan fingerprint density at radius 1 is 1.23 bits per heavy atom. The maximum atomic E-state index is 10.7. The maximum absolute atomic E-state index is 10.7. The highest BCUT2D eigenvalue weighted by Crippen LogP contribution is 2.45. The van der Waals surface area contributed by atoms with Crippen molar-refractivity contribution in [3.8, 4) is 0 Å². The van der Waals surface area contributed by atoms with Crippen LogP contribution in [0.1, 0.15) is 38.5 Å². The number of likely N-dealkylation sites (tertiary alicyclic amines) is 1. The van der Waals surface area contributed by atoms with E-state index < -0.39 is 5.97 Å². The lowest BCUT2D eigenvalue weighted by Crippen LogP contribution is -2.42. The van der Waals surface area contributed by atoms with Crippen LogP contribution in [0, 0.1) is 0 Å². The summed E-state index contributed by atoms with van der Waals surface area (Å²) in [5.41, 5.74) is 0.0756. The van der Waals surface area contributed by atoms with E-state index in [-0.39, 0.29) is 5.54 Å². The third kappa shape index (κ3) is 1.85. The first-order chi connectivity index (χ1) is 6.23. The van der Waals surface area contributed by atoms with Gasteiger partial charge in [0.25, 0.3) is 0 Å². The van der Waals surface area contributed by atoms with Crippen molar-refractivity contribution in [3.63, 3.8) is 0 Å². The van der Waals surface area contributed by atoms with E-state index in [1.54, 1.807) is 0 Å². The monoisotopic (exact) mass is 183 g/mol. The second-order valence-corrected chi connectivity index (χ2v) is 4.34. The van der Waals surface area contributed by atoms with Gasteiger partial charge in [0.2, 0.25) is 0 Å². The zero-order chi connectivity index (χ0) is 9.31. The average molecular weight is 183 g/mol. The molecule has 1 N–H and O–H groups in total. The molecule has 0 aromatic heterocycles. The van der Waals surface area contributed by atoms with Crippen LogP contribution >= 0.6 is 0 Å². The predicted molar refractivity (Wildman–Crippen MR) is 49.6 cm³/mol. The van der Waals surface area contributed by atoms with Crippen LogP contribution < -0.4 is 0 Å². The number of aliphatic carboxylic acids is 1. The molecule has 3 heteroatoms. The van der Waals surface area contributed by atoms with Crippen molar-refractivity contribution < 1.29 is 9.90 Å². The number of carboxylic acid groups (broad SMARTS) is 1. The summed E-state index contributed by atoms with van der Waals surface area (Å²) < 4.78 is 0. The van der Waals surface area contributed by atoms with E-state index in [1.165, 1.54) is 19.3 Å². The van der Waals surface area contributed by atoms with Gasteiger partial charge in [0, 0.05) is 5.54 Å². The Labute approximate surface area is 78.7 Å². The number of rotatable bonds is 3. The molecule has 13 heavy (non-hydrogen) atoms. The Hall–Kier alpha value is -0.570. The molecule has 0 atom stereocenters. The van der Waals surface area contributed by atoms with E-state index in [9.17, 15) is 4.79 Å². The zero-order valence-electron chi connectivity index (χ0n) is 7.96. The summed E-state index contributed by atoms with van der Waals surface area (Å²) >= 11 is 0. The van der Waals surface area contributed by atoms with Gasteiger partial charge in [-0.15, -0.1) is 0 Å². The van der Waals surface area contributed by atoms with E-state index in [0.29, 0.717) is 6.42 Å². The van der Waals surface area contributed by atoms with Crippen LogP contribution in [0.15, 0.2) is 0 Å². The molecule has 1 aliphatic carbocycles. The molecule has 3 nitrogen and oxygen atoms in total. The number of hydrogen-bond acceptors (Lipinski definition) is 2. The standard InChI is InChI=1S/C10H17NO2/c12-9(13)8-10(4-5-10)11-6-2-1-3-7-11/h1-8H2,(H,12,13). The summed E-state index contributed by atoms with van der Waals surface area (Å²) in [5, 5.41) is 8.79. The molecule has 2 rings (SSSR count). The van der Waals surface area contributed by atoms with Crippen molar-refractivity contribution in [2.24, 2.45) is 0 Å². The molecule has 0 unspecified atom stereocenters. The molecule has 1 heterocycles. The first kappa shape index (κ1) is 9.00. The largest absolute Gasteiger partial charge is 0.481 e.